The van der Waals surface area contributed by atoms with Crippen molar-refractivity contribution in [2.24, 2.45) is 0 Å². The maximum absolute atomic E-state index is 13.5. The van der Waals surface area contributed by atoms with Crippen molar-refractivity contribution >= 4 is 5.69 Å². The molecule has 1 heterocycles. The van der Waals surface area contributed by atoms with Crippen LogP contribution in [0.3, 0.4) is 0 Å². The SMILES string of the molecule is COCCNCc1cc(F)ccc1N(C)C1CCOCC1. The largest absolute Gasteiger partial charge is 0.383 e. The van der Waals surface area contributed by atoms with Crippen LogP contribution < -0.4 is 10.2 Å². The van der Waals surface area contributed by atoms with Gasteiger partial charge in [-0.3, -0.25) is 0 Å². The molecule has 0 saturated carbocycles. The van der Waals surface area contributed by atoms with Gasteiger partial charge in [-0.1, -0.05) is 0 Å². The van der Waals surface area contributed by atoms with Gasteiger partial charge in [-0.15, -0.1) is 0 Å². The zero-order valence-corrected chi connectivity index (χ0v) is 12.9. The topological polar surface area (TPSA) is 33.7 Å². The van der Waals surface area contributed by atoms with Crippen LogP contribution in [0.5, 0.6) is 0 Å². The van der Waals surface area contributed by atoms with E-state index in [2.05, 4.69) is 17.3 Å². The summed E-state index contributed by atoms with van der Waals surface area (Å²) in [7, 11) is 3.76. The summed E-state index contributed by atoms with van der Waals surface area (Å²) in [5.41, 5.74) is 2.08. The van der Waals surface area contributed by atoms with Gasteiger partial charge in [-0.2, -0.15) is 0 Å². The molecule has 1 aromatic rings. The molecule has 0 spiro atoms. The van der Waals surface area contributed by atoms with E-state index in [4.69, 9.17) is 9.47 Å². The van der Waals surface area contributed by atoms with Crippen molar-refractivity contribution in [2.75, 3.05) is 45.4 Å². The second-order valence-electron chi connectivity index (χ2n) is 5.40. The van der Waals surface area contributed by atoms with E-state index in [0.29, 0.717) is 19.2 Å². The molecular formula is C16H25FN2O2. The van der Waals surface area contributed by atoms with E-state index >= 15 is 0 Å². The van der Waals surface area contributed by atoms with Gasteiger partial charge in [-0.05, 0) is 36.6 Å². The Labute approximate surface area is 126 Å². The Morgan fingerprint density at radius 2 is 2.14 bits per heavy atom. The zero-order valence-electron chi connectivity index (χ0n) is 12.9. The first-order valence-corrected chi connectivity index (χ1v) is 7.51. The molecule has 0 bridgehead atoms. The minimum Gasteiger partial charge on any atom is -0.383 e. The Kier molecular flexibility index (Phi) is 6.42. The van der Waals surface area contributed by atoms with Gasteiger partial charge in [0.05, 0.1) is 6.61 Å². The summed E-state index contributed by atoms with van der Waals surface area (Å²) < 4.78 is 24.0. The predicted octanol–water partition coefficient (Wildman–Crippen LogP) is 2.18. The third kappa shape index (κ3) is 4.66. The van der Waals surface area contributed by atoms with E-state index in [1.807, 2.05) is 6.07 Å². The Morgan fingerprint density at radius 3 is 2.86 bits per heavy atom. The van der Waals surface area contributed by atoms with E-state index in [9.17, 15) is 4.39 Å². The van der Waals surface area contributed by atoms with Crippen LogP contribution >= 0.6 is 0 Å². The highest BCUT2D eigenvalue weighted by Crippen LogP contribution is 2.25. The molecule has 1 aliphatic heterocycles. The number of nitrogens with zero attached hydrogens (tertiary/aromatic N) is 1. The first kappa shape index (κ1) is 16.2. The van der Waals surface area contributed by atoms with Gasteiger partial charge < -0.3 is 19.7 Å². The number of benzene rings is 1. The second kappa shape index (κ2) is 8.32. The van der Waals surface area contributed by atoms with Crippen LogP contribution in [0, 0.1) is 5.82 Å². The first-order valence-electron chi connectivity index (χ1n) is 7.51. The normalized spacial score (nSPS) is 16.1. The molecular weight excluding hydrogens is 271 g/mol. The molecule has 0 unspecified atom stereocenters. The maximum atomic E-state index is 13.5. The number of anilines is 1. The third-order valence-electron chi connectivity index (χ3n) is 3.96. The summed E-state index contributed by atoms with van der Waals surface area (Å²) in [6.45, 7) is 3.66. The zero-order chi connectivity index (χ0) is 15.1. The van der Waals surface area contributed by atoms with Gasteiger partial charge in [0.25, 0.3) is 0 Å². The lowest BCUT2D eigenvalue weighted by atomic mass is 10.0. The van der Waals surface area contributed by atoms with Crippen LogP contribution in [-0.4, -0.2) is 46.6 Å². The summed E-state index contributed by atoms with van der Waals surface area (Å²) in [6.07, 6.45) is 2.04. The van der Waals surface area contributed by atoms with Crippen LogP contribution in [0.1, 0.15) is 18.4 Å². The van der Waals surface area contributed by atoms with Crippen molar-refractivity contribution in [2.45, 2.75) is 25.4 Å². The molecule has 118 valence electrons. The molecule has 1 aliphatic rings. The van der Waals surface area contributed by atoms with Gasteiger partial charge in [-0.25, -0.2) is 4.39 Å². The van der Waals surface area contributed by atoms with E-state index < -0.39 is 0 Å². The Bertz CT molecular complexity index is 436. The highest BCUT2D eigenvalue weighted by Gasteiger charge is 2.20. The molecule has 1 aromatic carbocycles. The maximum Gasteiger partial charge on any atom is 0.123 e. The highest BCUT2D eigenvalue weighted by atomic mass is 19.1. The summed E-state index contributed by atoms with van der Waals surface area (Å²) in [5.74, 6) is -0.192. The average molecular weight is 296 g/mol. The quantitative estimate of drug-likeness (QED) is 0.782. The standard InChI is InChI=1S/C16H25FN2O2/c1-19(15-5-8-21-9-6-15)16-4-3-14(17)11-13(16)12-18-7-10-20-2/h3-4,11,15,18H,5-10,12H2,1-2H3. The van der Waals surface area contributed by atoms with Gasteiger partial charge in [0.15, 0.2) is 0 Å². The van der Waals surface area contributed by atoms with Crippen molar-refractivity contribution < 1.29 is 13.9 Å². The minimum atomic E-state index is -0.192. The van der Waals surface area contributed by atoms with Gasteiger partial charge in [0.2, 0.25) is 0 Å². The summed E-state index contributed by atoms with van der Waals surface area (Å²) in [4.78, 5) is 2.26. The number of methoxy groups -OCH3 is 1. The molecule has 0 atom stereocenters. The van der Waals surface area contributed by atoms with Crippen LogP contribution in [0.15, 0.2) is 18.2 Å². The number of hydrogen-bond donors (Lipinski definition) is 1. The Morgan fingerprint density at radius 1 is 1.38 bits per heavy atom. The molecule has 0 amide bonds. The number of ether oxygens (including phenoxy) is 2. The van der Waals surface area contributed by atoms with E-state index in [1.54, 1.807) is 13.2 Å². The third-order valence-corrected chi connectivity index (χ3v) is 3.96. The molecule has 1 saturated heterocycles. The monoisotopic (exact) mass is 296 g/mol. The molecule has 1 N–H and O–H groups in total. The number of hydrogen-bond acceptors (Lipinski definition) is 4. The average Bonchev–Trinajstić information content (AvgIpc) is 2.52. The fraction of sp³-hybridized carbons (Fsp3) is 0.625. The van der Waals surface area contributed by atoms with Crippen LogP contribution in [0.2, 0.25) is 0 Å². The first-order chi connectivity index (χ1) is 10.2. The lowest BCUT2D eigenvalue weighted by Crippen LogP contribution is -2.37. The van der Waals surface area contributed by atoms with Gasteiger partial charge >= 0.3 is 0 Å². The van der Waals surface area contributed by atoms with Crippen molar-refractivity contribution in [1.29, 1.82) is 0 Å². The lowest BCUT2D eigenvalue weighted by Gasteiger charge is -2.34. The van der Waals surface area contributed by atoms with Crippen molar-refractivity contribution in [1.82, 2.24) is 5.32 Å². The highest BCUT2D eigenvalue weighted by molar-refractivity contribution is 5.54. The minimum absolute atomic E-state index is 0.192. The fourth-order valence-corrected chi connectivity index (χ4v) is 2.71. The van der Waals surface area contributed by atoms with E-state index in [-0.39, 0.29) is 5.82 Å². The van der Waals surface area contributed by atoms with Crippen LogP contribution in [-0.2, 0) is 16.0 Å². The predicted molar refractivity (Wildman–Crippen MR) is 82.2 cm³/mol. The summed E-state index contributed by atoms with van der Waals surface area (Å²) in [5, 5.41) is 3.28. The molecule has 5 heteroatoms. The van der Waals surface area contributed by atoms with Crippen LogP contribution in [0.4, 0.5) is 10.1 Å². The van der Waals surface area contributed by atoms with Crippen LogP contribution in [0.25, 0.3) is 0 Å². The smallest absolute Gasteiger partial charge is 0.123 e. The fourth-order valence-electron chi connectivity index (χ4n) is 2.71. The summed E-state index contributed by atoms with van der Waals surface area (Å²) in [6, 6.07) is 5.48. The van der Waals surface area contributed by atoms with Gasteiger partial charge in [0.1, 0.15) is 5.82 Å². The number of rotatable bonds is 7. The van der Waals surface area contributed by atoms with Crippen molar-refractivity contribution in [3.63, 3.8) is 0 Å². The Balaban J connectivity index is 2.05. The molecule has 0 aliphatic carbocycles. The van der Waals surface area contributed by atoms with Crippen molar-refractivity contribution in [3.8, 4) is 0 Å². The molecule has 1 fully saturated rings. The van der Waals surface area contributed by atoms with Gasteiger partial charge in [0, 0.05) is 52.2 Å². The Hall–Kier alpha value is -1.17. The molecule has 21 heavy (non-hydrogen) atoms. The van der Waals surface area contributed by atoms with Crippen molar-refractivity contribution in [3.05, 3.63) is 29.6 Å². The number of nitrogens with one attached hydrogen (secondary N) is 1. The molecule has 0 radical (unpaired) electrons. The number of halogens is 1. The molecule has 0 aromatic heterocycles. The van der Waals surface area contributed by atoms with E-state index in [0.717, 1.165) is 43.9 Å². The molecule has 2 rings (SSSR count). The summed E-state index contributed by atoms with van der Waals surface area (Å²) >= 11 is 0. The van der Waals surface area contributed by atoms with E-state index in [1.165, 1.54) is 6.07 Å². The lowest BCUT2D eigenvalue weighted by molar-refractivity contribution is 0.0854. The second-order valence-corrected chi connectivity index (χ2v) is 5.40. The molecule has 4 nitrogen and oxygen atoms in total.